The normalized spacial score (nSPS) is 12.1. The van der Waals surface area contributed by atoms with E-state index in [4.69, 9.17) is 4.74 Å². The van der Waals surface area contributed by atoms with Crippen LogP contribution in [0.4, 0.5) is 5.82 Å². The van der Waals surface area contributed by atoms with E-state index in [1.807, 2.05) is 31.2 Å². The largest absolute Gasteiger partial charge is 0.497 e. The van der Waals surface area contributed by atoms with Crippen LogP contribution in [0.15, 0.2) is 53.7 Å². The van der Waals surface area contributed by atoms with Crippen LogP contribution in [-0.2, 0) is 4.79 Å². The van der Waals surface area contributed by atoms with Crippen molar-refractivity contribution < 1.29 is 9.53 Å². The molecule has 3 rings (SSSR count). The summed E-state index contributed by atoms with van der Waals surface area (Å²) in [5.74, 6) is 1.31. The average Bonchev–Trinajstić information content (AvgIpc) is 3.05. The van der Waals surface area contributed by atoms with Crippen LogP contribution in [0.3, 0.4) is 0 Å². The second-order valence-electron chi connectivity index (χ2n) is 4.86. The van der Waals surface area contributed by atoms with E-state index < -0.39 is 0 Å². The molecule has 0 unspecified atom stereocenters. The minimum absolute atomic E-state index is 0.0891. The number of methoxy groups -OCH3 is 1. The molecule has 7 heteroatoms. The number of hydrogen-bond acceptors (Lipinski definition) is 5. The molecule has 1 aromatic carbocycles. The van der Waals surface area contributed by atoms with Crippen molar-refractivity contribution in [3.63, 3.8) is 0 Å². The van der Waals surface area contributed by atoms with E-state index in [1.165, 1.54) is 11.8 Å². The summed E-state index contributed by atoms with van der Waals surface area (Å²) in [5.41, 5.74) is 0.693. The van der Waals surface area contributed by atoms with Crippen LogP contribution in [0.1, 0.15) is 6.92 Å². The first-order valence-corrected chi connectivity index (χ1v) is 7.95. The topological polar surface area (TPSA) is 68.5 Å². The first-order valence-electron chi connectivity index (χ1n) is 7.07. The van der Waals surface area contributed by atoms with Crippen molar-refractivity contribution in [3.8, 4) is 5.75 Å². The van der Waals surface area contributed by atoms with Gasteiger partial charge in [-0.05, 0) is 37.3 Å². The predicted octanol–water partition coefficient (Wildman–Crippen LogP) is 2.86. The smallest absolute Gasteiger partial charge is 0.238 e. The fourth-order valence-electron chi connectivity index (χ4n) is 2.07. The SMILES string of the molecule is COc1ccc(S[C@@H](C)C(=O)Nc2ccnc3ccnn23)cc1. The molecule has 0 radical (unpaired) electrons. The lowest BCUT2D eigenvalue weighted by Crippen LogP contribution is -2.23. The van der Waals surface area contributed by atoms with Gasteiger partial charge in [-0.25, -0.2) is 4.98 Å². The minimum atomic E-state index is -0.248. The monoisotopic (exact) mass is 328 g/mol. The number of rotatable bonds is 5. The molecular weight excluding hydrogens is 312 g/mol. The van der Waals surface area contributed by atoms with Crippen molar-refractivity contribution in [2.75, 3.05) is 12.4 Å². The molecule has 1 N–H and O–H groups in total. The molecule has 0 aliphatic heterocycles. The molecule has 2 aromatic heterocycles. The molecular formula is C16H16N4O2S. The number of amides is 1. The standard InChI is InChI=1S/C16H16N4O2S/c1-11(23-13-5-3-12(22-2)4-6-13)16(21)19-15-7-9-17-14-8-10-18-20(14)15/h3-11H,1-2H3,(H,19,21)/t11-/m0/s1. The summed E-state index contributed by atoms with van der Waals surface area (Å²) >= 11 is 1.48. The lowest BCUT2D eigenvalue weighted by atomic mass is 10.3. The molecule has 0 aliphatic carbocycles. The van der Waals surface area contributed by atoms with Crippen molar-refractivity contribution in [1.29, 1.82) is 0 Å². The van der Waals surface area contributed by atoms with E-state index in [2.05, 4.69) is 15.4 Å². The van der Waals surface area contributed by atoms with Crippen molar-refractivity contribution in [3.05, 3.63) is 48.8 Å². The predicted molar refractivity (Wildman–Crippen MR) is 89.9 cm³/mol. The first kappa shape index (κ1) is 15.4. The summed E-state index contributed by atoms with van der Waals surface area (Å²) in [4.78, 5) is 17.6. The second kappa shape index (κ2) is 6.70. The number of anilines is 1. The lowest BCUT2D eigenvalue weighted by molar-refractivity contribution is -0.115. The fourth-order valence-corrected chi connectivity index (χ4v) is 2.94. The zero-order valence-electron chi connectivity index (χ0n) is 12.8. The van der Waals surface area contributed by atoms with E-state index in [0.29, 0.717) is 11.5 Å². The summed E-state index contributed by atoms with van der Waals surface area (Å²) in [6.45, 7) is 1.87. The number of carbonyl (C=O) groups excluding carboxylic acids is 1. The Morgan fingerprint density at radius 1 is 1.22 bits per heavy atom. The number of hydrogen-bond donors (Lipinski definition) is 1. The molecule has 0 saturated heterocycles. The van der Waals surface area contributed by atoms with Gasteiger partial charge < -0.3 is 10.1 Å². The molecule has 6 nitrogen and oxygen atoms in total. The maximum absolute atomic E-state index is 12.4. The highest BCUT2D eigenvalue weighted by Crippen LogP contribution is 2.26. The van der Waals surface area contributed by atoms with Crippen molar-refractivity contribution in [2.45, 2.75) is 17.1 Å². The second-order valence-corrected chi connectivity index (χ2v) is 6.27. The van der Waals surface area contributed by atoms with E-state index >= 15 is 0 Å². The van der Waals surface area contributed by atoms with Crippen LogP contribution in [0.2, 0.25) is 0 Å². The van der Waals surface area contributed by atoms with E-state index in [0.717, 1.165) is 10.6 Å². The van der Waals surface area contributed by atoms with Crippen LogP contribution in [-0.4, -0.2) is 32.9 Å². The molecule has 2 heterocycles. The summed E-state index contributed by atoms with van der Waals surface area (Å²) in [6.07, 6.45) is 3.29. The van der Waals surface area contributed by atoms with Gasteiger partial charge in [-0.3, -0.25) is 4.79 Å². The van der Waals surface area contributed by atoms with Gasteiger partial charge in [0.05, 0.1) is 18.6 Å². The van der Waals surface area contributed by atoms with Gasteiger partial charge in [0.1, 0.15) is 11.6 Å². The van der Waals surface area contributed by atoms with E-state index in [9.17, 15) is 4.79 Å². The summed E-state index contributed by atoms with van der Waals surface area (Å²) < 4.78 is 6.73. The average molecular weight is 328 g/mol. The number of aromatic nitrogens is 3. The number of nitrogens with one attached hydrogen (secondary N) is 1. The van der Waals surface area contributed by atoms with Gasteiger partial charge in [0.15, 0.2) is 5.65 Å². The Morgan fingerprint density at radius 3 is 2.74 bits per heavy atom. The van der Waals surface area contributed by atoms with Gasteiger partial charge in [0.25, 0.3) is 0 Å². The van der Waals surface area contributed by atoms with Gasteiger partial charge in [0.2, 0.25) is 5.91 Å². The van der Waals surface area contributed by atoms with Gasteiger partial charge in [-0.15, -0.1) is 11.8 Å². The maximum Gasteiger partial charge on any atom is 0.238 e. The summed E-state index contributed by atoms with van der Waals surface area (Å²) in [7, 11) is 1.63. The Balaban J connectivity index is 1.68. The molecule has 0 bridgehead atoms. The molecule has 0 fully saturated rings. The summed E-state index contributed by atoms with van der Waals surface area (Å²) in [5, 5.41) is 6.79. The van der Waals surface area contributed by atoms with Crippen LogP contribution in [0.5, 0.6) is 5.75 Å². The van der Waals surface area contributed by atoms with Crippen LogP contribution in [0.25, 0.3) is 5.65 Å². The molecule has 23 heavy (non-hydrogen) atoms. The van der Waals surface area contributed by atoms with E-state index in [-0.39, 0.29) is 11.2 Å². The highest BCUT2D eigenvalue weighted by Gasteiger charge is 2.16. The lowest BCUT2D eigenvalue weighted by Gasteiger charge is -2.13. The van der Waals surface area contributed by atoms with Gasteiger partial charge in [-0.1, -0.05) is 0 Å². The molecule has 118 valence electrons. The Bertz CT molecular complexity index is 816. The zero-order chi connectivity index (χ0) is 16.2. The van der Waals surface area contributed by atoms with Crippen molar-refractivity contribution in [2.24, 2.45) is 0 Å². The summed E-state index contributed by atoms with van der Waals surface area (Å²) in [6, 6.07) is 11.1. The number of fused-ring (bicyclic) bond motifs is 1. The Labute approximate surface area is 137 Å². The Morgan fingerprint density at radius 2 is 2.00 bits per heavy atom. The molecule has 1 atom stereocenters. The van der Waals surface area contributed by atoms with Gasteiger partial charge >= 0.3 is 0 Å². The minimum Gasteiger partial charge on any atom is -0.497 e. The van der Waals surface area contributed by atoms with Crippen LogP contribution in [0, 0.1) is 0 Å². The quantitative estimate of drug-likeness (QED) is 0.729. The van der Waals surface area contributed by atoms with E-state index in [1.54, 1.807) is 36.2 Å². The third kappa shape index (κ3) is 3.45. The molecule has 1 amide bonds. The Hall–Kier alpha value is -2.54. The highest BCUT2D eigenvalue weighted by molar-refractivity contribution is 8.00. The molecule has 0 aliphatic rings. The number of thioether (sulfide) groups is 1. The molecule has 3 aromatic rings. The third-order valence-corrected chi connectivity index (χ3v) is 4.39. The van der Waals surface area contributed by atoms with Crippen molar-refractivity contribution in [1.82, 2.24) is 14.6 Å². The number of ether oxygens (including phenoxy) is 1. The maximum atomic E-state index is 12.4. The zero-order valence-corrected chi connectivity index (χ0v) is 13.6. The molecule has 0 saturated carbocycles. The number of nitrogens with zero attached hydrogens (tertiary/aromatic N) is 3. The van der Waals surface area contributed by atoms with Crippen LogP contribution >= 0.6 is 11.8 Å². The van der Waals surface area contributed by atoms with Crippen LogP contribution < -0.4 is 10.1 Å². The number of benzene rings is 1. The highest BCUT2D eigenvalue weighted by atomic mass is 32.2. The van der Waals surface area contributed by atoms with Crippen molar-refractivity contribution >= 4 is 29.1 Å². The molecule has 0 spiro atoms. The van der Waals surface area contributed by atoms with Gasteiger partial charge in [-0.2, -0.15) is 9.61 Å². The van der Waals surface area contributed by atoms with Gasteiger partial charge in [0, 0.05) is 17.2 Å². The Kier molecular flexibility index (Phi) is 4.47. The first-order chi connectivity index (χ1) is 11.2. The third-order valence-electron chi connectivity index (χ3n) is 3.28. The number of carbonyl (C=O) groups is 1. The fraction of sp³-hybridized carbons (Fsp3) is 0.188.